The fourth-order valence-corrected chi connectivity index (χ4v) is 7.61. The number of anilines is 3. The molecule has 0 aliphatic carbocycles. The molecule has 4 aromatic rings. The number of hydrogen-bond donors (Lipinski definition) is 1. The van der Waals surface area contributed by atoms with E-state index in [2.05, 4.69) is 30.6 Å². The summed E-state index contributed by atoms with van der Waals surface area (Å²) in [5.74, 6) is -1.55. The van der Waals surface area contributed by atoms with Crippen molar-refractivity contribution in [3.05, 3.63) is 57.9 Å². The number of carbonyl (C=O) groups excluding carboxylic acids is 1. The summed E-state index contributed by atoms with van der Waals surface area (Å²) >= 11 is 17.7. The monoisotopic (exact) mass is 931 g/mol. The van der Waals surface area contributed by atoms with E-state index in [1.807, 2.05) is 0 Å². The molecule has 270 valence electrons. The van der Waals surface area contributed by atoms with Crippen LogP contribution in [0.5, 0.6) is 0 Å². The van der Waals surface area contributed by atoms with Gasteiger partial charge in [0, 0.05) is 16.5 Å². The van der Waals surface area contributed by atoms with Crippen molar-refractivity contribution < 1.29 is 175 Å². The smallest absolute Gasteiger partial charge is 0.744 e. The van der Waals surface area contributed by atoms with Gasteiger partial charge in [-0.3, -0.25) is 4.79 Å². The molecule has 31 heteroatoms. The fourth-order valence-electron chi connectivity index (χ4n) is 4.55. The Morgan fingerprint density at radius 3 is 1.82 bits per heavy atom. The molecule has 55 heavy (non-hydrogen) atoms. The van der Waals surface area contributed by atoms with E-state index >= 15 is 0 Å². The maximum atomic E-state index is 13.3. The molecule has 2 heterocycles. The van der Waals surface area contributed by atoms with E-state index in [0.29, 0.717) is 24.3 Å². The molecular formula is C24H12Cl3N7Na4O13S4. The van der Waals surface area contributed by atoms with Crippen LogP contribution < -0.4 is 129 Å². The molecule has 5 rings (SSSR count). The minimum absolute atomic E-state index is 0. The molecule has 0 fully saturated rings. The van der Waals surface area contributed by atoms with Gasteiger partial charge in [-0.2, -0.15) is 25.3 Å². The summed E-state index contributed by atoms with van der Waals surface area (Å²) in [6.07, 6.45) is 0. The van der Waals surface area contributed by atoms with Crippen molar-refractivity contribution in [3.63, 3.8) is 0 Å². The zero-order valence-corrected chi connectivity index (χ0v) is 41.9. The predicted octanol–water partition coefficient (Wildman–Crippen LogP) is -9.16. The van der Waals surface area contributed by atoms with Gasteiger partial charge >= 0.3 is 118 Å². The SMILES string of the molecule is CC1=NN(c2cc(S(=O)(=O)[O-])ccc2S(=O)(=O)[O-])C(=O)C1N=Nc1cc(S(=O)(=O)[O-])c2cc(Nc3nc(Cl)nc(Cl)c3Cl)cc(S(=O)(=O)[O-])c2c1.[Na+].[Na+].[Na+].[Na+]. The maximum Gasteiger partial charge on any atom is 1.00 e. The number of benzene rings is 3. The van der Waals surface area contributed by atoms with Gasteiger partial charge in [0.2, 0.25) is 5.28 Å². The molecule has 1 aliphatic heterocycles. The summed E-state index contributed by atoms with van der Waals surface area (Å²) in [6, 6.07) is 2.80. The zero-order valence-electron chi connectivity index (χ0n) is 28.4. The van der Waals surface area contributed by atoms with Crippen molar-refractivity contribution in [1.29, 1.82) is 0 Å². The number of halogens is 3. The summed E-state index contributed by atoms with van der Waals surface area (Å²) < 4.78 is 144. The number of fused-ring (bicyclic) bond motifs is 1. The first-order valence-electron chi connectivity index (χ1n) is 12.9. The number of amides is 1. The second kappa shape index (κ2) is 19.6. The standard InChI is InChI=1S/C24H16Cl3N7O13S4.4Na/c1-9-20(23(35)34(33-9)15-8-12(48(36,37)38)2-3-16(15)49(39,40)41)32-31-11-5-14-13(18(7-11)51(45,46)47)4-10(6-17(14)50(42,43)44)28-22-19(25)21(26)29-24(27)30-22;;;;/h2-8,20H,1H3,(H,28,29,30)(H,36,37,38)(H,39,40,41)(H,42,43,44)(H,45,46,47);;;;/q;4*+1/p-4. The number of azo groups is 1. The number of carbonyl (C=O) groups is 1. The van der Waals surface area contributed by atoms with Gasteiger partial charge in [-0.25, -0.2) is 38.7 Å². The molecule has 1 amide bonds. The van der Waals surface area contributed by atoms with Gasteiger partial charge in [0.15, 0.2) is 17.0 Å². The van der Waals surface area contributed by atoms with Crippen LogP contribution in [0.15, 0.2) is 77.4 Å². The molecule has 20 nitrogen and oxygen atoms in total. The largest absolute Gasteiger partial charge is 1.00 e. The van der Waals surface area contributed by atoms with E-state index in [0.717, 1.165) is 25.1 Å². The Hall–Kier alpha value is 0.0500. The molecule has 0 saturated heterocycles. The average molecular weight is 933 g/mol. The van der Waals surface area contributed by atoms with Crippen molar-refractivity contribution >= 4 is 121 Å². The summed E-state index contributed by atoms with van der Waals surface area (Å²) in [6.45, 7) is 1.16. The van der Waals surface area contributed by atoms with E-state index < -0.39 is 99.4 Å². The Bertz CT molecular complexity index is 2730. The molecule has 1 atom stereocenters. The normalized spacial score (nSPS) is 14.8. The van der Waals surface area contributed by atoms with Crippen LogP contribution in [0.2, 0.25) is 15.5 Å². The number of nitrogens with one attached hydrogen (secondary N) is 1. The van der Waals surface area contributed by atoms with Crippen LogP contribution in [0.3, 0.4) is 0 Å². The number of aromatic nitrogens is 2. The molecule has 3 aromatic carbocycles. The van der Waals surface area contributed by atoms with Gasteiger partial charge in [-0.1, -0.05) is 23.2 Å². The van der Waals surface area contributed by atoms with Crippen LogP contribution in [0.4, 0.5) is 22.9 Å². The Morgan fingerprint density at radius 1 is 0.727 bits per heavy atom. The summed E-state index contributed by atoms with van der Waals surface area (Å²) in [5.41, 5.74) is -2.10. The van der Waals surface area contributed by atoms with Crippen molar-refractivity contribution in [2.75, 3.05) is 10.3 Å². The molecule has 0 spiro atoms. The van der Waals surface area contributed by atoms with E-state index in [1.54, 1.807) is 0 Å². The first-order valence-corrected chi connectivity index (χ1v) is 19.7. The molecule has 1 N–H and O–H groups in total. The number of rotatable bonds is 9. The van der Waals surface area contributed by atoms with E-state index in [9.17, 15) is 56.7 Å². The van der Waals surface area contributed by atoms with Gasteiger partial charge in [0.05, 0.1) is 36.7 Å². The predicted molar refractivity (Wildman–Crippen MR) is 171 cm³/mol. The Morgan fingerprint density at radius 2 is 1.27 bits per heavy atom. The zero-order chi connectivity index (χ0) is 38.0. The average Bonchev–Trinajstić information content (AvgIpc) is 3.27. The second-order valence-electron chi connectivity index (χ2n) is 10.0. The Labute approximate surface area is 415 Å². The van der Waals surface area contributed by atoms with Crippen molar-refractivity contribution in [2.45, 2.75) is 32.5 Å². The van der Waals surface area contributed by atoms with Gasteiger partial charge in [0.25, 0.3) is 5.91 Å². The molecule has 0 radical (unpaired) electrons. The molecule has 0 bridgehead atoms. The summed E-state index contributed by atoms with van der Waals surface area (Å²) in [5, 5.41) is 11.7. The quantitative estimate of drug-likeness (QED) is 0.0536. The minimum atomic E-state index is -5.49. The molecular weight excluding hydrogens is 921 g/mol. The molecule has 1 aliphatic rings. The van der Waals surface area contributed by atoms with Crippen LogP contribution in [0, 0.1) is 0 Å². The Kier molecular flexibility index (Phi) is 18.9. The van der Waals surface area contributed by atoms with Crippen molar-refractivity contribution in [1.82, 2.24) is 9.97 Å². The van der Waals surface area contributed by atoms with Crippen molar-refractivity contribution in [3.8, 4) is 0 Å². The molecule has 0 saturated carbocycles. The third kappa shape index (κ3) is 12.1. The maximum absolute atomic E-state index is 13.3. The van der Waals surface area contributed by atoms with Crippen LogP contribution >= 0.6 is 34.8 Å². The third-order valence-electron chi connectivity index (χ3n) is 6.67. The number of hydrogen-bond acceptors (Lipinski definition) is 19. The number of nitrogens with zero attached hydrogens (tertiary/aromatic N) is 6. The number of hydrazone groups is 1. The van der Waals surface area contributed by atoms with Gasteiger partial charge in [0.1, 0.15) is 45.5 Å². The Balaban J connectivity index is 0.00000378. The van der Waals surface area contributed by atoms with E-state index in [4.69, 9.17) is 34.8 Å². The second-order valence-corrected chi connectivity index (χ2v) is 16.5. The first kappa shape index (κ1) is 53.1. The summed E-state index contributed by atoms with van der Waals surface area (Å²) in [7, 11) is -21.6. The topological polar surface area (TPSA) is 324 Å². The van der Waals surface area contributed by atoms with Crippen LogP contribution in [-0.2, 0) is 45.3 Å². The van der Waals surface area contributed by atoms with Gasteiger partial charge in [-0.05, 0) is 61.0 Å². The van der Waals surface area contributed by atoms with Gasteiger partial charge in [-0.15, -0.1) is 0 Å². The molecule has 1 unspecified atom stereocenters. The van der Waals surface area contributed by atoms with Crippen LogP contribution in [-0.4, -0.2) is 79.5 Å². The third-order valence-corrected chi connectivity index (χ3v) is 11.0. The van der Waals surface area contributed by atoms with E-state index in [1.165, 1.54) is 0 Å². The minimum Gasteiger partial charge on any atom is -0.744 e. The van der Waals surface area contributed by atoms with Gasteiger partial charge < -0.3 is 23.5 Å². The van der Waals surface area contributed by atoms with Crippen LogP contribution in [0.1, 0.15) is 6.92 Å². The molecule has 1 aromatic heterocycles. The van der Waals surface area contributed by atoms with Crippen molar-refractivity contribution in [2.24, 2.45) is 15.3 Å². The van der Waals surface area contributed by atoms with E-state index in [-0.39, 0.29) is 151 Å². The first-order chi connectivity index (χ1) is 23.4. The fraction of sp³-hybridized carbons (Fsp3) is 0.0833. The summed E-state index contributed by atoms with van der Waals surface area (Å²) in [4.78, 5) is 16.3. The van der Waals surface area contributed by atoms with Crippen LogP contribution in [0.25, 0.3) is 10.8 Å².